The van der Waals surface area contributed by atoms with Crippen LogP contribution in [0.5, 0.6) is 0 Å². The maximum Gasteiger partial charge on any atom is 0.334 e. The van der Waals surface area contributed by atoms with Gasteiger partial charge in [0.05, 0.1) is 32.5 Å². The minimum absolute atomic E-state index is 0.0691. The van der Waals surface area contributed by atoms with Crippen LogP contribution in [0.2, 0.25) is 0 Å². The fraction of sp³-hybridized carbons (Fsp3) is 0.609. The number of rotatable bonds is 10. The molecule has 0 saturated carbocycles. The second kappa shape index (κ2) is 11.8. The zero-order valence-electron chi connectivity index (χ0n) is 18.9. The van der Waals surface area contributed by atoms with Crippen molar-refractivity contribution in [1.82, 2.24) is 10.2 Å². The van der Waals surface area contributed by atoms with Gasteiger partial charge in [-0.1, -0.05) is 30.3 Å². The highest BCUT2D eigenvalue weighted by Gasteiger charge is 2.47. The summed E-state index contributed by atoms with van der Waals surface area (Å²) in [5.74, 6) is -1.18. The average molecular weight is 435 g/mol. The molecule has 1 N–H and O–H groups in total. The van der Waals surface area contributed by atoms with Gasteiger partial charge in [0.25, 0.3) is 0 Å². The number of nitrogens with zero attached hydrogens (tertiary/aromatic N) is 1. The van der Waals surface area contributed by atoms with Crippen molar-refractivity contribution in [2.75, 3.05) is 33.0 Å². The Hall–Kier alpha value is -2.45. The summed E-state index contributed by atoms with van der Waals surface area (Å²) in [6.45, 7) is 7.96. The fourth-order valence-corrected chi connectivity index (χ4v) is 3.64. The minimum Gasteiger partial charge on any atom is -0.465 e. The molecular weight excluding hydrogens is 400 g/mol. The van der Waals surface area contributed by atoms with Gasteiger partial charge in [0.15, 0.2) is 5.54 Å². The second-order valence-corrected chi connectivity index (χ2v) is 7.75. The van der Waals surface area contributed by atoms with Gasteiger partial charge in [-0.2, -0.15) is 0 Å². The van der Waals surface area contributed by atoms with Crippen LogP contribution < -0.4 is 5.32 Å². The van der Waals surface area contributed by atoms with Crippen molar-refractivity contribution in [3.8, 4) is 0 Å². The van der Waals surface area contributed by atoms with E-state index in [2.05, 4.69) is 5.32 Å². The summed E-state index contributed by atoms with van der Waals surface area (Å²) in [4.78, 5) is 39.8. The molecule has 0 aromatic heterocycles. The first-order valence-corrected chi connectivity index (χ1v) is 10.9. The van der Waals surface area contributed by atoms with E-state index in [1.165, 1.54) is 4.90 Å². The zero-order chi connectivity index (χ0) is 22.9. The van der Waals surface area contributed by atoms with Gasteiger partial charge in [-0.15, -0.1) is 0 Å². The van der Waals surface area contributed by atoms with E-state index in [1.54, 1.807) is 27.7 Å². The predicted octanol–water partition coefficient (Wildman–Crippen LogP) is 1.71. The van der Waals surface area contributed by atoms with Crippen LogP contribution in [0, 0.1) is 0 Å². The first kappa shape index (κ1) is 24.8. The summed E-state index contributed by atoms with van der Waals surface area (Å²) in [6.07, 6.45) is 1.15. The van der Waals surface area contributed by atoms with Gasteiger partial charge in [-0.25, -0.2) is 4.79 Å². The van der Waals surface area contributed by atoms with Crippen molar-refractivity contribution >= 4 is 17.8 Å². The molecule has 1 aromatic carbocycles. The normalized spacial score (nSPS) is 20.6. The third kappa shape index (κ3) is 6.51. The molecule has 1 saturated heterocycles. The Morgan fingerprint density at radius 1 is 1.16 bits per heavy atom. The third-order valence-corrected chi connectivity index (χ3v) is 5.38. The van der Waals surface area contributed by atoms with Gasteiger partial charge in [0, 0.05) is 6.54 Å². The Morgan fingerprint density at radius 2 is 1.84 bits per heavy atom. The lowest BCUT2D eigenvalue weighted by molar-refractivity contribution is -0.175. The first-order chi connectivity index (χ1) is 14.8. The van der Waals surface area contributed by atoms with Crippen molar-refractivity contribution in [3.63, 3.8) is 0 Å². The average Bonchev–Trinajstić information content (AvgIpc) is 2.77. The van der Waals surface area contributed by atoms with E-state index < -0.39 is 29.6 Å². The summed E-state index contributed by atoms with van der Waals surface area (Å²) in [5, 5.41) is 3.12. The van der Waals surface area contributed by atoms with E-state index in [0.29, 0.717) is 19.4 Å². The molecular formula is C23H34N2O6. The zero-order valence-corrected chi connectivity index (χ0v) is 18.9. The van der Waals surface area contributed by atoms with Gasteiger partial charge in [-0.3, -0.25) is 14.9 Å². The van der Waals surface area contributed by atoms with Crippen LogP contribution in [0.1, 0.15) is 39.7 Å². The molecule has 2 unspecified atom stereocenters. The number of morpholine rings is 1. The van der Waals surface area contributed by atoms with Crippen LogP contribution >= 0.6 is 0 Å². The Morgan fingerprint density at radius 3 is 2.48 bits per heavy atom. The molecule has 2 rings (SSSR count). The summed E-state index contributed by atoms with van der Waals surface area (Å²) in [5.41, 5.74) is -0.106. The van der Waals surface area contributed by atoms with Gasteiger partial charge < -0.3 is 19.1 Å². The van der Waals surface area contributed by atoms with Crippen molar-refractivity contribution < 1.29 is 28.6 Å². The predicted molar refractivity (Wildman–Crippen MR) is 115 cm³/mol. The number of hydrogen-bond acceptors (Lipinski definition) is 7. The molecule has 1 aliphatic rings. The van der Waals surface area contributed by atoms with Crippen LogP contribution in [-0.4, -0.2) is 73.3 Å². The third-order valence-electron chi connectivity index (χ3n) is 5.38. The SMILES string of the molecule is CCOC(=O)C(CCc1ccccc1)N[C@@H](C)C(=O)N1CCOCC1(C)C(=O)OCC. The number of nitrogens with one attached hydrogen (secondary N) is 1. The van der Waals surface area contributed by atoms with Gasteiger partial charge in [0.1, 0.15) is 6.04 Å². The van der Waals surface area contributed by atoms with Crippen LogP contribution in [-0.2, 0) is 35.0 Å². The van der Waals surface area contributed by atoms with Gasteiger partial charge >= 0.3 is 11.9 Å². The van der Waals surface area contributed by atoms with Crippen molar-refractivity contribution in [1.29, 1.82) is 0 Å². The Balaban J connectivity index is 2.10. The van der Waals surface area contributed by atoms with E-state index in [-0.39, 0.29) is 32.3 Å². The van der Waals surface area contributed by atoms with Crippen molar-refractivity contribution in [2.24, 2.45) is 0 Å². The Kier molecular flexibility index (Phi) is 9.45. The number of aryl methyl sites for hydroxylation is 1. The summed E-state index contributed by atoms with van der Waals surface area (Å²) >= 11 is 0. The highest BCUT2D eigenvalue weighted by molar-refractivity contribution is 5.90. The number of carbonyl (C=O) groups is 3. The Bertz CT molecular complexity index is 741. The quantitative estimate of drug-likeness (QED) is 0.560. The van der Waals surface area contributed by atoms with Crippen LogP contribution in [0.15, 0.2) is 30.3 Å². The first-order valence-electron chi connectivity index (χ1n) is 10.9. The number of hydrogen-bond donors (Lipinski definition) is 1. The monoisotopic (exact) mass is 434 g/mol. The molecule has 1 amide bonds. The lowest BCUT2D eigenvalue weighted by Gasteiger charge is -2.43. The van der Waals surface area contributed by atoms with E-state index in [0.717, 1.165) is 5.56 Å². The summed E-state index contributed by atoms with van der Waals surface area (Å²) < 4.78 is 15.8. The van der Waals surface area contributed by atoms with E-state index in [4.69, 9.17) is 14.2 Å². The molecule has 31 heavy (non-hydrogen) atoms. The largest absolute Gasteiger partial charge is 0.465 e. The minimum atomic E-state index is -1.20. The maximum absolute atomic E-state index is 13.3. The molecule has 3 atom stereocenters. The van der Waals surface area contributed by atoms with Crippen molar-refractivity contribution in [2.45, 2.75) is 58.2 Å². The maximum atomic E-state index is 13.3. The topological polar surface area (TPSA) is 94.2 Å². The van der Waals surface area contributed by atoms with Gasteiger partial charge in [0.2, 0.25) is 5.91 Å². The standard InChI is InChI=1S/C23H34N2O6/c1-5-30-21(27)19(13-12-18-10-8-7-9-11-18)24-17(3)20(26)25-14-15-29-16-23(25,4)22(28)31-6-2/h7-11,17,19,24H,5-6,12-16H2,1-4H3/t17-,19?,23?/m0/s1. The van der Waals surface area contributed by atoms with Crippen molar-refractivity contribution in [3.05, 3.63) is 35.9 Å². The highest BCUT2D eigenvalue weighted by atomic mass is 16.5. The van der Waals surface area contributed by atoms with E-state index in [1.807, 2.05) is 30.3 Å². The second-order valence-electron chi connectivity index (χ2n) is 7.75. The number of esters is 2. The molecule has 0 radical (unpaired) electrons. The number of carbonyl (C=O) groups excluding carboxylic acids is 3. The smallest absolute Gasteiger partial charge is 0.334 e. The molecule has 0 bridgehead atoms. The number of ether oxygens (including phenoxy) is 3. The molecule has 1 heterocycles. The molecule has 8 nitrogen and oxygen atoms in total. The van der Waals surface area contributed by atoms with Crippen LogP contribution in [0.25, 0.3) is 0 Å². The summed E-state index contributed by atoms with van der Waals surface area (Å²) in [6, 6.07) is 8.48. The van der Waals surface area contributed by atoms with E-state index in [9.17, 15) is 14.4 Å². The number of benzene rings is 1. The molecule has 1 fully saturated rings. The molecule has 0 spiro atoms. The molecule has 1 aliphatic heterocycles. The highest BCUT2D eigenvalue weighted by Crippen LogP contribution is 2.23. The molecule has 0 aliphatic carbocycles. The number of amides is 1. The molecule has 1 aromatic rings. The fourth-order valence-electron chi connectivity index (χ4n) is 3.64. The lowest BCUT2D eigenvalue weighted by atomic mass is 9.98. The lowest BCUT2D eigenvalue weighted by Crippen LogP contribution is -2.65. The Labute approximate surface area is 184 Å². The summed E-state index contributed by atoms with van der Waals surface area (Å²) in [7, 11) is 0. The molecule has 172 valence electrons. The van der Waals surface area contributed by atoms with Gasteiger partial charge in [-0.05, 0) is 46.1 Å². The van der Waals surface area contributed by atoms with E-state index >= 15 is 0 Å². The van der Waals surface area contributed by atoms with Crippen LogP contribution in [0.4, 0.5) is 0 Å². The van der Waals surface area contributed by atoms with Crippen LogP contribution in [0.3, 0.4) is 0 Å². The molecule has 8 heteroatoms.